The van der Waals surface area contributed by atoms with E-state index in [0.29, 0.717) is 0 Å². The number of hydrogen-bond acceptors (Lipinski definition) is 1. The summed E-state index contributed by atoms with van der Waals surface area (Å²) in [6, 6.07) is 7.83. The number of hydrogen-bond donors (Lipinski definition) is 0. The van der Waals surface area contributed by atoms with Crippen molar-refractivity contribution in [3.8, 4) is 5.75 Å². The highest BCUT2D eigenvalue weighted by Crippen LogP contribution is 2.17. The molecule has 0 aromatic heterocycles. The van der Waals surface area contributed by atoms with Gasteiger partial charge in [-0.3, -0.25) is 0 Å². The maximum absolute atomic E-state index is 5.55. The van der Waals surface area contributed by atoms with Gasteiger partial charge in [-0.25, -0.2) is 0 Å². The lowest BCUT2D eigenvalue weighted by molar-refractivity contribution is 0.248. The van der Waals surface area contributed by atoms with Gasteiger partial charge in [-0.2, -0.15) is 0 Å². The molecule has 0 bridgehead atoms. The molecule has 1 nitrogen and oxygen atoms in total. The average Bonchev–Trinajstić information content (AvgIpc) is 2.09. The van der Waals surface area contributed by atoms with Crippen molar-refractivity contribution in [2.24, 2.45) is 0 Å². The standard InChI is InChI=1S/C9H10Br2O/c1-7(6-10)12-9-4-2-8(11)3-5-9/h2-5,7H,6H2,1H3/t7-/m1/s1. The van der Waals surface area contributed by atoms with Gasteiger partial charge in [0.05, 0.1) is 0 Å². The number of halogens is 2. The van der Waals surface area contributed by atoms with Crippen molar-refractivity contribution in [2.45, 2.75) is 13.0 Å². The van der Waals surface area contributed by atoms with Crippen LogP contribution in [-0.4, -0.2) is 11.4 Å². The van der Waals surface area contributed by atoms with Crippen LogP contribution in [0.4, 0.5) is 0 Å². The lowest BCUT2D eigenvalue weighted by atomic mass is 10.3. The van der Waals surface area contributed by atoms with Crippen LogP contribution in [0.2, 0.25) is 0 Å². The van der Waals surface area contributed by atoms with E-state index in [4.69, 9.17) is 4.74 Å². The summed E-state index contributed by atoms with van der Waals surface area (Å²) in [5, 5.41) is 0.850. The molecule has 0 aliphatic carbocycles. The first-order valence-electron chi connectivity index (χ1n) is 3.70. The molecule has 0 unspecified atom stereocenters. The van der Waals surface area contributed by atoms with Crippen LogP contribution >= 0.6 is 31.9 Å². The zero-order valence-corrected chi connectivity index (χ0v) is 9.93. The molecule has 0 radical (unpaired) electrons. The second-order valence-corrected chi connectivity index (χ2v) is 4.10. The van der Waals surface area contributed by atoms with Gasteiger partial charge in [-0.1, -0.05) is 31.9 Å². The fraction of sp³-hybridized carbons (Fsp3) is 0.333. The van der Waals surface area contributed by atoms with E-state index in [1.54, 1.807) is 0 Å². The summed E-state index contributed by atoms with van der Waals surface area (Å²) < 4.78 is 6.62. The van der Waals surface area contributed by atoms with Gasteiger partial charge in [0.25, 0.3) is 0 Å². The summed E-state index contributed by atoms with van der Waals surface area (Å²) in [6.07, 6.45) is 0.214. The summed E-state index contributed by atoms with van der Waals surface area (Å²) in [4.78, 5) is 0. The largest absolute Gasteiger partial charge is 0.490 e. The molecular weight excluding hydrogens is 284 g/mol. The molecule has 1 aromatic rings. The molecule has 0 N–H and O–H groups in total. The van der Waals surface area contributed by atoms with Gasteiger partial charge in [0, 0.05) is 9.80 Å². The average molecular weight is 294 g/mol. The SMILES string of the molecule is C[C@H](CBr)Oc1ccc(Br)cc1. The normalized spacial score (nSPS) is 12.6. The minimum atomic E-state index is 0.214. The van der Waals surface area contributed by atoms with Crippen LogP contribution in [-0.2, 0) is 0 Å². The third kappa shape index (κ3) is 3.15. The molecule has 0 aliphatic heterocycles. The number of alkyl halides is 1. The molecule has 0 heterocycles. The molecule has 0 amide bonds. The minimum absolute atomic E-state index is 0.214. The third-order valence-corrected chi connectivity index (χ3v) is 2.81. The smallest absolute Gasteiger partial charge is 0.119 e. The van der Waals surface area contributed by atoms with Crippen molar-refractivity contribution in [3.05, 3.63) is 28.7 Å². The Hall–Kier alpha value is -0.0200. The first-order chi connectivity index (χ1) is 5.72. The first-order valence-corrected chi connectivity index (χ1v) is 5.62. The molecular formula is C9H10Br2O. The van der Waals surface area contributed by atoms with Crippen molar-refractivity contribution in [1.82, 2.24) is 0 Å². The molecule has 0 spiro atoms. The Labute approximate surface area is 89.4 Å². The van der Waals surface area contributed by atoms with E-state index in [2.05, 4.69) is 31.9 Å². The molecule has 0 saturated carbocycles. The highest BCUT2D eigenvalue weighted by Gasteiger charge is 2.00. The third-order valence-electron chi connectivity index (χ3n) is 1.37. The summed E-state index contributed by atoms with van der Waals surface area (Å²) >= 11 is 6.72. The van der Waals surface area contributed by atoms with Gasteiger partial charge >= 0.3 is 0 Å². The fourth-order valence-electron chi connectivity index (χ4n) is 0.777. The van der Waals surface area contributed by atoms with Crippen LogP contribution in [0.1, 0.15) is 6.92 Å². The zero-order valence-electron chi connectivity index (χ0n) is 6.76. The molecule has 66 valence electrons. The molecule has 1 rings (SSSR count). The molecule has 3 heteroatoms. The predicted molar refractivity (Wildman–Crippen MR) is 58.0 cm³/mol. The maximum Gasteiger partial charge on any atom is 0.119 e. The van der Waals surface area contributed by atoms with Crippen LogP contribution in [0.3, 0.4) is 0 Å². The van der Waals surface area contributed by atoms with E-state index in [9.17, 15) is 0 Å². The Morgan fingerprint density at radius 3 is 2.42 bits per heavy atom. The molecule has 0 fully saturated rings. The Balaban J connectivity index is 2.58. The van der Waals surface area contributed by atoms with Gasteiger partial charge in [-0.05, 0) is 31.2 Å². The van der Waals surface area contributed by atoms with E-state index in [1.807, 2.05) is 31.2 Å². The first kappa shape index (κ1) is 10.1. The molecule has 1 aromatic carbocycles. The summed E-state index contributed by atoms with van der Waals surface area (Å²) in [5.74, 6) is 0.908. The number of ether oxygens (including phenoxy) is 1. The zero-order chi connectivity index (χ0) is 8.97. The molecule has 0 saturated heterocycles. The summed E-state index contributed by atoms with van der Waals surface area (Å²) in [5.41, 5.74) is 0. The highest BCUT2D eigenvalue weighted by molar-refractivity contribution is 9.10. The Morgan fingerprint density at radius 2 is 1.92 bits per heavy atom. The molecule has 1 atom stereocenters. The minimum Gasteiger partial charge on any atom is -0.490 e. The van der Waals surface area contributed by atoms with Crippen molar-refractivity contribution >= 4 is 31.9 Å². The van der Waals surface area contributed by atoms with Crippen LogP contribution in [0.15, 0.2) is 28.7 Å². The number of rotatable bonds is 3. The second kappa shape index (κ2) is 4.87. The maximum atomic E-state index is 5.55. The van der Waals surface area contributed by atoms with E-state index in [-0.39, 0.29) is 6.10 Å². The van der Waals surface area contributed by atoms with E-state index in [1.165, 1.54) is 0 Å². The molecule has 0 aliphatic rings. The van der Waals surface area contributed by atoms with E-state index in [0.717, 1.165) is 15.6 Å². The fourth-order valence-corrected chi connectivity index (χ4v) is 1.17. The lowest BCUT2D eigenvalue weighted by Crippen LogP contribution is -2.12. The van der Waals surface area contributed by atoms with Crippen molar-refractivity contribution in [3.63, 3.8) is 0 Å². The molecule has 12 heavy (non-hydrogen) atoms. The monoisotopic (exact) mass is 292 g/mol. The summed E-state index contributed by atoms with van der Waals surface area (Å²) in [7, 11) is 0. The van der Waals surface area contributed by atoms with Crippen LogP contribution in [0, 0.1) is 0 Å². The predicted octanol–water partition coefficient (Wildman–Crippen LogP) is 3.61. The highest BCUT2D eigenvalue weighted by atomic mass is 79.9. The Kier molecular flexibility index (Phi) is 4.09. The Morgan fingerprint density at radius 1 is 1.33 bits per heavy atom. The number of benzene rings is 1. The summed E-state index contributed by atoms with van der Waals surface area (Å²) in [6.45, 7) is 2.02. The lowest BCUT2D eigenvalue weighted by Gasteiger charge is -2.11. The van der Waals surface area contributed by atoms with Crippen LogP contribution in [0.5, 0.6) is 5.75 Å². The van der Waals surface area contributed by atoms with Crippen molar-refractivity contribution in [2.75, 3.05) is 5.33 Å². The van der Waals surface area contributed by atoms with Crippen LogP contribution in [0.25, 0.3) is 0 Å². The van der Waals surface area contributed by atoms with Crippen molar-refractivity contribution < 1.29 is 4.74 Å². The van der Waals surface area contributed by atoms with Crippen LogP contribution < -0.4 is 4.74 Å². The van der Waals surface area contributed by atoms with E-state index < -0.39 is 0 Å². The van der Waals surface area contributed by atoms with Gasteiger partial charge in [-0.15, -0.1) is 0 Å². The van der Waals surface area contributed by atoms with Gasteiger partial charge in [0.1, 0.15) is 11.9 Å². The van der Waals surface area contributed by atoms with Gasteiger partial charge < -0.3 is 4.74 Å². The quantitative estimate of drug-likeness (QED) is 0.774. The second-order valence-electron chi connectivity index (χ2n) is 2.54. The van der Waals surface area contributed by atoms with Gasteiger partial charge in [0.2, 0.25) is 0 Å². The van der Waals surface area contributed by atoms with E-state index >= 15 is 0 Å². The Bertz CT molecular complexity index is 233. The van der Waals surface area contributed by atoms with Crippen molar-refractivity contribution in [1.29, 1.82) is 0 Å². The topological polar surface area (TPSA) is 9.23 Å². The van der Waals surface area contributed by atoms with Gasteiger partial charge in [0.15, 0.2) is 0 Å².